The number of para-hydroxylation sites is 1. The zero-order chi connectivity index (χ0) is 24.9. The Morgan fingerprint density at radius 3 is 2.43 bits per heavy atom. The van der Waals surface area contributed by atoms with E-state index in [1.54, 1.807) is 37.3 Å². The molecular formula is C27H32N2O6. The van der Waals surface area contributed by atoms with Gasteiger partial charge in [-0.3, -0.25) is 9.59 Å². The molecule has 0 spiro atoms. The first-order chi connectivity index (χ1) is 16.9. The van der Waals surface area contributed by atoms with Crippen LogP contribution in [-0.2, 0) is 11.2 Å². The Morgan fingerprint density at radius 2 is 1.71 bits per heavy atom. The number of carbonyl (C=O) groups is 3. The van der Waals surface area contributed by atoms with Crippen LogP contribution in [0.15, 0.2) is 42.5 Å². The van der Waals surface area contributed by atoms with Gasteiger partial charge in [-0.2, -0.15) is 0 Å². The lowest BCUT2D eigenvalue weighted by molar-refractivity contribution is -0.131. The number of methoxy groups -OCH3 is 2. The predicted molar refractivity (Wildman–Crippen MR) is 130 cm³/mol. The molecule has 2 amide bonds. The van der Waals surface area contributed by atoms with Crippen LogP contribution in [0.3, 0.4) is 0 Å². The Hall–Kier alpha value is -3.55. The van der Waals surface area contributed by atoms with E-state index in [2.05, 4.69) is 0 Å². The smallest absolute Gasteiger partial charge is 0.336 e. The van der Waals surface area contributed by atoms with Crippen molar-refractivity contribution in [1.29, 1.82) is 0 Å². The molecule has 1 N–H and O–H groups in total. The minimum Gasteiger partial charge on any atom is -0.493 e. The molecule has 2 aromatic rings. The number of nitrogens with zero attached hydrogens (tertiary/aromatic N) is 2. The van der Waals surface area contributed by atoms with Gasteiger partial charge < -0.3 is 24.4 Å². The molecule has 0 saturated carbocycles. The lowest BCUT2D eigenvalue weighted by Crippen LogP contribution is -2.44. The topological polar surface area (TPSA) is 96.4 Å². The average molecular weight is 481 g/mol. The van der Waals surface area contributed by atoms with Crippen LogP contribution in [0, 0.1) is 11.8 Å². The fourth-order valence-corrected chi connectivity index (χ4v) is 5.33. The summed E-state index contributed by atoms with van der Waals surface area (Å²) in [5.41, 5.74) is 1.24. The van der Waals surface area contributed by atoms with Crippen molar-refractivity contribution in [3.8, 4) is 11.5 Å². The fraction of sp³-hybridized carbons (Fsp3) is 0.444. The number of fused-ring (bicyclic) bond motifs is 1. The van der Waals surface area contributed by atoms with Gasteiger partial charge in [-0.1, -0.05) is 24.3 Å². The molecule has 4 rings (SSSR count). The number of benzene rings is 2. The number of carbonyl (C=O) groups excluding carboxylic acids is 2. The molecule has 0 aliphatic carbocycles. The van der Waals surface area contributed by atoms with Crippen LogP contribution in [0.1, 0.15) is 45.5 Å². The summed E-state index contributed by atoms with van der Waals surface area (Å²) in [6.45, 7) is 2.31. The van der Waals surface area contributed by atoms with E-state index in [0.717, 1.165) is 18.4 Å². The van der Waals surface area contributed by atoms with E-state index in [1.807, 2.05) is 23.1 Å². The molecule has 2 aliphatic rings. The summed E-state index contributed by atoms with van der Waals surface area (Å²) in [5, 5.41) is 9.46. The van der Waals surface area contributed by atoms with Crippen LogP contribution in [0.4, 0.5) is 0 Å². The molecule has 2 fully saturated rings. The van der Waals surface area contributed by atoms with E-state index in [4.69, 9.17) is 9.47 Å². The first-order valence-corrected chi connectivity index (χ1v) is 12.0. The second-order valence-corrected chi connectivity index (χ2v) is 9.19. The van der Waals surface area contributed by atoms with Crippen LogP contribution in [0.2, 0.25) is 0 Å². The quantitative estimate of drug-likeness (QED) is 0.653. The summed E-state index contributed by atoms with van der Waals surface area (Å²) in [4.78, 5) is 41.4. The van der Waals surface area contributed by atoms with E-state index in [0.29, 0.717) is 50.5 Å². The molecule has 2 atom stereocenters. The van der Waals surface area contributed by atoms with Gasteiger partial charge in [0.1, 0.15) is 0 Å². The van der Waals surface area contributed by atoms with Gasteiger partial charge in [0.25, 0.3) is 5.91 Å². The molecule has 186 valence electrons. The highest BCUT2D eigenvalue weighted by atomic mass is 16.5. The van der Waals surface area contributed by atoms with Crippen molar-refractivity contribution in [2.45, 2.75) is 25.7 Å². The third-order valence-electron chi connectivity index (χ3n) is 7.26. The zero-order valence-electron chi connectivity index (χ0n) is 20.2. The van der Waals surface area contributed by atoms with Gasteiger partial charge in [0.2, 0.25) is 5.91 Å². The molecule has 0 radical (unpaired) electrons. The van der Waals surface area contributed by atoms with Crippen molar-refractivity contribution in [3.05, 3.63) is 59.2 Å². The highest BCUT2D eigenvalue weighted by molar-refractivity contribution is 6.04. The van der Waals surface area contributed by atoms with E-state index >= 15 is 0 Å². The summed E-state index contributed by atoms with van der Waals surface area (Å²) >= 11 is 0. The number of amides is 2. The first-order valence-electron chi connectivity index (χ1n) is 12.0. The minimum absolute atomic E-state index is 0.0230. The number of aromatic carboxylic acids is 1. The monoisotopic (exact) mass is 480 g/mol. The van der Waals surface area contributed by atoms with Crippen LogP contribution in [0.25, 0.3) is 0 Å². The first kappa shape index (κ1) is 24.6. The molecule has 0 bridgehead atoms. The Bertz CT molecular complexity index is 1100. The SMILES string of the molecule is COc1cccc(CCN2CC[C@H]3CN(C(=O)c4ccccc4C(=O)O)CC[C@H]3CC2=O)c1OC. The fourth-order valence-electron chi connectivity index (χ4n) is 5.33. The van der Waals surface area contributed by atoms with Crippen LogP contribution in [-0.4, -0.2) is 73.1 Å². The number of carboxylic acids is 1. The molecule has 2 aliphatic heterocycles. The number of carboxylic acid groups (broad SMARTS) is 1. The standard InChI is InChI=1S/C27H32N2O6/c1-34-23-9-5-6-18(25(23)35-2)10-13-28-14-12-20-17-29(15-11-19(20)16-24(28)30)26(31)21-7-3-4-8-22(21)27(32)33/h3-9,19-20H,10-17H2,1-2H3,(H,32,33)/t19-,20-/m0/s1. The second kappa shape index (κ2) is 10.8. The predicted octanol–water partition coefficient (Wildman–Crippen LogP) is 3.35. The van der Waals surface area contributed by atoms with Crippen LogP contribution in [0.5, 0.6) is 11.5 Å². The number of ether oxygens (including phenoxy) is 2. The maximum atomic E-state index is 13.1. The third-order valence-corrected chi connectivity index (χ3v) is 7.26. The molecular weight excluding hydrogens is 448 g/mol. The summed E-state index contributed by atoms with van der Waals surface area (Å²) < 4.78 is 10.9. The van der Waals surface area contributed by atoms with Gasteiger partial charge in [0.05, 0.1) is 25.3 Å². The van der Waals surface area contributed by atoms with Crippen LogP contribution >= 0.6 is 0 Å². The molecule has 2 aromatic carbocycles. The van der Waals surface area contributed by atoms with Crippen molar-refractivity contribution in [2.24, 2.45) is 11.8 Å². The molecule has 0 unspecified atom stereocenters. The van der Waals surface area contributed by atoms with E-state index in [9.17, 15) is 19.5 Å². The van der Waals surface area contributed by atoms with Crippen LogP contribution < -0.4 is 9.47 Å². The third kappa shape index (κ3) is 5.26. The molecule has 35 heavy (non-hydrogen) atoms. The summed E-state index contributed by atoms with van der Waals surface area (Å²) in [6, 6.07) is 12.1. The Morgan fingerprint density at radius 1 is 0.971 bits per heavy atom. The number of hydrogen-bond acceptors (Lipinski definition) is 5. The lowest BCUT2D eigenvalue weighted by Gasteiger charge is -2.37. The summed E-state index contributed by atoms with van der Waals surface area (Å²) in [5.74, 6) is 0.610. The summed E-state index contributed by atoms with van der Waals surface area (Å²) in [6.07, 6.45) is 2.70. The van der Waals surface area contributed by atoms with Gasteiger partial charge in [0, 0.05) is 32.6 Å². The van der Waals surface area contributed by atoms with E-state index in [-0.39, 0.29) is 34.8 Å². The zero-order valence-corrected chi connectivity index (χ0v) is 20.2. The maximum Gasteiger partial charge on any atom is 0.336 e. The van der Waals surface area contributed by atoms with Crippen molar-refractivity contribution in [3.63, 3.8) is 0 Å². The Labute approximate surface area is 205 Å². The average Bonchev–Trinajstić information content (AvgIpc) is 3.03. The maximum absolute atomic E-state index is 13.1. The highest BCUT2D eigenvalue weighted by Crippen LogP contribution is 2.34. The van der Waals surface area contributed by atoms with Gasteiger partial charge >= 0.3 is 5.97 Å². The number of rotatable bonds is 7. The number of hydrogen-bond donors (Lipinski definition) is 1. The van der Waals surface area contributed by atoms with Gasteiger partial charge in [-0.25, -0.2) is 4.79 Å². The molecule has 2 heterocycles. The van der Waals surface area contributed by atoms with Gasteiger partial charge in [-0.05, 0) is 54.9 Å². The largest absolute Gasteiger partial charge is 0.493 e. The highest BCUT2D eigenvalue weighted by Gasteiger charge is 2.37. The van der Waals surface area contributed by atoms with Gasteiger partial charge in [-0.15, -0.1) is 0 Å². The molecule has 2 saturated heterocycles. The van der Waals surface area contributed by atoms with Gasteiger partial charge in [0.15, 0.2) is 11.5 Å². The van der Waals surface area contributed by atoms with Crippen molar-refractivity contribution >= 4 is 17.8 Å². The Kier molecular flexibility index (Phi) is 7.58. The van der Waals surface area contributed by atoms with Crippen molar-refractivity contribution < 1.29 is 29.0 Å². The van der Waals surface area contributed by atoms with Crippen molar-refractivity contribution in [1.82, 2.24) is 9.80 Å². The molecule has 0 aromatic heterocycles. The number of piperidine rings is 1. The molecule has 8 nitrogen and oxygen atoms in total. The van der Waals surface area contributed by atoms with E-state index in [1.165, 1.54) is 6.07 Å². The van der Waals surface area contributed by atoms with Crippen molar-refractivity contribution in [2.75, 3.05) is 40.4 Å². The number of likely N-dealkylation sites (tertiary alicyclic amines) is 2. The Balaban J connectivity index is 1.41. The van der Waals surface area contributed by atoms with E-state index < -0.39 is 5.97 Å². The normalized spacial score (nSPS) is 20.1. The second-order valence-electron chi connectivity index (χ2n) is 9.19. The molecule has 8 heteroatoms. The lowest BCUT2D eigenvalue weighted by atomic mass is 9.81. The minimum atomic E-state index is -1.10. The summed E-state index contributed by atoms with van der Waals surface area (Å²) in [7, 11) is 3.22.